The van der Waals surface area contributed by atoms with Crippen LogP contribution in [0.25, 0.3) is 16.7 Å². The van der Waals surface area contributed by atoms with Crippen molar-refractivity contribution in [3.63, 3.8) is 0 Å². The Hall–Kier alpha value is -2.96. The Morgan fingerprint density at radius 1 is 1.20 bits per heavy atom. The lowest BCUT2D eigenvalue weighted by molar-refractivity contribution is -0.384. The molecule has 0 fully saturated rings. The summed E-state index contributed by atoms with van der Waals surface area (Å²) in [4.78, 5) is 11.8. The van der Waals surface area contributed by atoms with Gasteiger partial charge in [-0.05, 0) is 30.7 Å². The summed E-state index contributed by atoms with van der Waals surface area (Å²) >= 11 is 0. The van der Waals surface area contributed by atoms with Crippen molar-refractivity contribution in [1.82, 2.24) is 15.0 Å². The fourth-order valence-corrected chi connectivity index (χ4v) is 1.98. The van der Waals surface area contributed by atoms with Gasteiger partial charge in [-0.2, -0.15) is 0 Å². The number of hydrogen-bond acceptors (Lipinski definition) is 5. The smallest absolute Gasteiger partial charge is 0.296 e. The highest BCUT2D eigenvalue weighted by Gasteiger charge is 2.16. The minimum absolute atomic E-state index is 0.0440. The van der Waals surface area contributed by atoms with Gasteiger partial charge in [-0.15, -0.1) is 15.0 Å². The fraction of sp³-hybridized carbons (Fsp3) is 0.0769. The van der Waals surface area contributed by atoms with Crippen LogP contribution in [-0.4, -0.2) is 19.9 Å². The molecule has 0 atom stereocenters. The second-order valence-electron chi connectivity index (χ2n) is 4.43. The summed E-state index contributed by atoms with van der Waals surface area (Å²) in [6.07, 6.45) is 0. The largest absolute Gasteiger partial charge is 0.398 e. The number of para-hydroxylation sites is 2. The number of benzene rings is 2. The maximum absolute atomic E-state index is 11.0. The van der Waals surface area contributed by atoms with Crippen LogP contribution in [0.3, 0.4) is 0 Å². The Kier molecular flexibility index (Phi) is 2.60. The number of nitrogens with two attached hydrogens (primary N) is 1. The highest BCUT2D eigenvalue weighted by Crippen LogP contribution is 2.24. The van der Waals surface area contributed by atoms with E-state index in [9.17, 15) is 10.1 Å². The molecule has 0 radical (unpaired) electrons. The molecule has 0 saturated heterocycles. The van der Waals surface area contributed by atoms with E-state index in [1.165, 1.54) is 10.9 Å². The van der Waals surface area contributed by atoms with Crippen LogP contribution in [0.5, 0.6) is 0 Å². The molecular weight excluding hydrogens is 258 g/mol. The van der Waals surface area contributed by atoms with E-state index in [0.29, 0.717) is 22.4 Å². The van der Waals surface area contributed by atoms with Crippen molar-refractivity contribution in [2.75, 3.05) is 5.73 Å². The molecule has 7 heteroatoms. The van der Waals surface area contributed by atoms with Gasteiger partial charge in [0.15, 0.2) is 5.69 Å². The molecule has 0 bridgehead atoms. The predicted molar refractivity (Wildman–Crippen MR) is 74.7 cm³/mol. The van der Waals surface area contributed by atoms with E-state index < -0.39 is 4.92 Å². The number of hydrogen-bond donors (Lipinski definition) is 1. The average Bonchev–Trinajstić information content (AvgIpc) is 2.82. The third-order valence-electron chi connectivity index (χ3n) is 3.06. The Balaban J connectivity index is 2.23. The fourth-order valence-electron chi connectivity index (χ4n) is 1.98. The Labute approximate surface area is 113 Å². The second-order valence-corrected chi connectivity index (χ2v) is 4.43. The molecule has 0 amide bonds. The molecule has 7 nitrogen and oxygen atoms in total. The third kappa shape index (κ3) is 1.85. The molecule has 1 aromatic heterocycles. The average molecular weight is 269 g/mol. The van der Waals surface area contributed by atoms with Gasteiger partial charge in [0, 0.05) is 11.8 Å². The zero-order valence-corrected chi connectivity index (χ0v) is 10.6. The van der Waals surface area contributed by atoms with Crippen LogP contribution < -0.4 is 5.73 Å². The van der Waals surface area contributed by atoms with Gasteiger partial charge in [-0.1, -0.05) is 12.1 Å². The van der Waals surface area contributed by atoms with Gasteiger partial charge in [0.2, 0.25) is 0 Å². The first-order valence-electron chi connectivity index (χ1n) is 5.93. The predicted octanol–water partition coefficient (Wildman–Crippen LogP) is 2.22. The molecule has 0 saturated carbocycles. The molecular formula is C13H11N5O2. The number of nitrogen functional groups attached to an aromatic ring is 1. The minimum atomic E-state index is -0.455. The van der Waals surface area contributed by atoms with Crippen molar-refractivity contribution >= 4 is 22.4 Å². The molecule has 0 spiro atoms. The van der Waals surface area contributed by atoms with E-state index in [1.807, 2.05) is 13.0 Å². The van der Waals surface area contributed by atoms with Crippen molar-refractivity contribution in [3.8, 4) is 5.69 Å². The third-order valence-corrected chi connectivity index (χ3v) is 3.06. The van der Waals surface area contributed by atoms with E-state index >= 15 is 0 Å². The summed E-state index contributed by atoms with van der Waals surface area (Å²) in [5.74, 6) is 0. The summed E-state index contributed by atoms with van der Waals surface area (Å²) in [5.41, 5.74) is 8.87. The maximum Gasteiger partial charge on any atom is 0.296 e. The van der Waals surface area contributed by atoms with Gasteiger partial charge in [0.05, 0.1) is 4.92 Å². The number of rotatable bonds is 2. The number of fused-ring (bicyclic) bond motifs is 1. The van der Waals surface area contributed by atoms with Gasteiger partial charge in [0.25, 0.3) is 5.69 Å². The number of nitrogens with zero attached hydrogens (tertiary/aromatic N) is 4. The summed E-state index contributed by atoms with van der Waals surface area (Å²) < 4.78 is 0. The second kappa shape index (κ2) is 4.30. The summed E-state index contributed by atoms with van der Waals surface area (Å²) in [6, 6.07) is 9.85. The number of aryl methyl sites for hydroxylation is 1. The topological polar surface area (TPSA) is 99.9 Å². The van der Waals surface area contributed by atoms with Gasteiger partial charge in [-0.25, -0.2) is 0 Å². The first-order chi connectivity index (χ1) is 9.56. The van der Waals surface area contributed by atoms with Crippen molar-refractivity contribution in [1.29, 1.82) is 0 Å². The number of nitro groups is 1. The molecule has 0 unspecified atom stereocenters. The van der Waals surface area contributed by atoms with E-state index in [2.05, 4.69) is 10.2 Å². The summed E-state index contributed by atoms with van der Waals surface area (Å²) in [5, 5.41) is 19.6. The van der Waals surface area contributed by atoms with E-state index in [1.54, 1.807) is 24.3 Å². The van der Waals surface area contributed by atoms with Gasteiger partial charge in [0.1, 0.15) is 11.0 Å². The molecule has 3 aromatic rings. The lowest BCUT2D eigenvalue weighted by Crippen LogP contribution is -2.02. The Morgan fingerprint density at radius 3 is 2.55 bits per heavy atom. The molecule has 100 valence electrons. The molecule has 3 rings (SSSR count). The number of nitro benzene ring substituents is 1. The van der Waals surface area contributed by atoms with Crippen molar-refractivity contribution in [2.24, 2.45) is 0 Å². The van der Waals surface area contributed by atoms with Crippen LogP contribution in [0, 0.1) is 17.0 Å². The van der Waals surface area contributed by atoms with Crippen LogP contribution >= 0.6 is 0 Å². The molecule has 20 heavy (non-hydrogen) atoms. The van der Waals surface area contributed by atoms with Crippen molar-refractivity contribution in [3.05, 3.63) is 52.1 Å². The summed E-state index contributed by atoms with van der Waals surface area (Å²) in [6.45, 7) is 1.87. The minimum Gasteiger partial charge on any atom is -0.398 e. The number of anilines is 1. The van der Waals surface area contributed by atoms with Crippen LogP contribution in [0.1, 0.15) is 5.56 Å². The van der Waals surface area contributed by atoms with Crippen LogP contribution in [0.2, 0.25) is 0 Å². The van der Waals surface area contributed by atoms with Crippen LogP contribution in [0.15, 0.2) is 36.4 Å². The highest BCUT2D eigenvalue weighted by atomic mass is 16.6. The lowest BCUT2D eigenvalue weighted by Gasteiger charge is -1.99. The maximum atomic E-state index is 11.0. The zero-order valence-electron chi connectivity index (χ0n) is 10.6. The standard InChI is InChI=1S/C13H11N5O2/c1-8-6-10-11(7-9(8)14)16-17(15-10)12-4-2-3-5-13(12)18(19)20/h2-7H,14H2,1H3. The van der Waals surface area contributed by atoms with Crippen LogP contribution in [-0.2, 0) is 0 Å². The van der Waals surface area contributed by atoms with Crippen LogP contribution in [0.4, 0.5) is 11.4 Å². The normalized spacial score (nSPS) is 10.8. The zero-order chi connectivity index (χ0) is 14.3. The molecule has 0 aliphatic heterocycles. The molecule has 2 aromatic carbocycles. The summed E-state index contributed by atoms with van der Waals surface area (Å²) in [7, 11) is 0. The highest BCUT2D eigenvalue weighted by molar-refractivity contribution is 5.79. The monoisotopic (exact) mass is 269 g/mol. The SMILES string of the molecule is Cc1cc2nn(-c3ccccc3[N+](=O)[O-])nc2cc1N. The number of aromatic nitrogens is 3. The van der Waals surface area contributed by atoms with Gasteiger partial charge < -0.3 is 5.73 Å². The molecule has 2 N–H and O–H groups in total. The van der Waals surface area contributed by atoms with E-state index in [0.717, 1.165) is 5.56 Å². The van der Waals surface area contributed by atoms with Crippen molar-refractivity contribution < 1.29 is 4.92 Å². The molecule has 0 aliphatic rings. The van der Waals surface area contributed by atoms with Gasteiger partial charge >= 0.3 is 0 Å². The first kappa shape index (κ1) is 12.1. The Morgan fingerprint density at radius 2 is 1.85 bits per heavy atom. The van der Waals surface area contributed by atoms with Crippen molar-refractivity contribution in [2.45, 2.75) is 6.92 Å². The van der Waals surface area contributed by atoms with Gasteiger partial charge in [-0.3, -0.25) is 10.1 Å². The molecule has 1 heterocycles. The van der Waals surface area contributed by atoms with E-state index in [-0.39, 0.29) is 5.69 Å². The quantitative estimate of drug-likeness (QED) is 0.436. The molecule has 0 aliphatic carbocycles. The lowest BCUT2D eigenvalue weighted by atomic mass is 10.2. The Bertz CT molecular complexity index is 786. The first-order valence-corrected chi connectivity index (χ1v) is 5.93. The van der Waals surface area contributed by atoms with E-state index in [4.69, 9.17) is 5.73 Å².